The van der Waals surface area contributed by atoms with Gasteiger partial charge in [0.2, 0.25) is 0 Å². The molecule has 0 spiro atoms. The van der Waals surface area contributed by atoms with E-state index in [0.29, 0.717) is 17.9 Å². The van der Waals surface area contributed by atoms with Crippen LogP contribution in [0.15, 0.2) is 48.8 Å². The van der Waals surface area contributed by atoms with Gasteiger partial charge in [-0.15, -0.1) is 0 Å². The number of ether oxygens (including phenoxy) is 2. The van der Waals surface area contributed by atoms with E-state index in [-0.39, 0.29) is 0 Å². The predicted octanol–water partition coefficient (Wildman–Crippen LogP) is 3.00. The molecule has 4 heteroatoms. The summed E-state index contributed by atoms with van der Waals surface area (Å²) in [5.41, 5.74) is 1.27. The Kier molecular flexibility index (Phi) is 4.16. The lowest BCUT2D eigenvalue weighted by Crippen LogP contribution is -2.46. The molecule has 4 nitrogen and oxygen atoms in total. The number of rotatable bonds is 7. The highest BCUT2D eigenvalue weighted by atomic mass is 16.5. The second-order valence-electron chi connectivity index (χ2n) is 6.43. The molecule has 4 rings (SSSR count). The molecule has 2 fully saturated rings. The number of benzene rings is 1. The van der Waals surface area contributed by atoms with Crippen LogP contribution in [0.25, 0.3) is 0 Å². The van der Waals surface area contributed by atoms with Crippen LogP contribution in [0.3, 0.4) is 0 Å². The molecule has 0 amide bonds. The van der Waals surface area contributed by atoms with Crippen molar-refractivity contribution < 1.29 is 9.47 Å². The highest BCUT2D eigenvalue weighted by Gasteiger charge is 2.39. The van der Waals surface area contributed by atoms with Crippen molar-refractivity contribution in [1.29, 1.82) is 0 Å². The fourth-order valence-electron chi connectivity index (χ4n) is 2.96. The van der Waals surface area contributed by atoms with Crippen LogP contribution >= 0.6 is 0 Å². The van der Waals surface area contributed by atoms with Gasteiger partial charge in [0.25, 0.3) is 0 Å². The lowest BCUT2D eigenvalue weighted by Gasteiger charge is -2.27. The zero-order valence-electron chi connectivity index (χ0n) is 13.2. The third-order valence-electron chi connectivity index (χ3n) is 4.67. The van der Waals surface area contributed by atoms with E-state index in [4.69, 9.17) is 9.47 Å². The molecule has 1 N–H and O–H groups in total. The van der Waals surface area contributed by atoms with Crippen molar-refractivity contribution in [3.05, 3.63) is 54.4 Å². The second-order valence-corrected chi connectivity index (χ2v) is 6.43. The Morgan fingerprint density at radius 3 is 2.65 bits per heavy atom. The monoisotopic (exact) mass is 310 g/mol. The molecule has 23 heavy (non-hydrogen) atoms. The molecule has 1 aromatic carbocycles. The van der Waals surface area contributed by atoms with E-state index in [1.807, 2.05) is 36.5 Å². The van der Waals surface area contributed by atoms with Crippen molar-refractivity contribution in [2.24, 2.45) is 5.92 Å². The van der Waals surface area contributed by atoms with Crippen LogP contribution < -0.4 is 14.8 Å². The van der Waals surface area contributed by atoms with Crippen LogP contribution in [0.2, 0.25) is 0 Å². The summed E-state index contributed by atoms with van der Waals surface area (Å²) < 4.78 is 11.7. The Morgan fingerprint density at radius 2 is 1.87 bits per heavy atom. The standard InChI is InChI=1S/C19H22N2O2/c1-2-4-17(5-3-1)22-12-15-9-19(15)14-8-18(11-20-10-14)23-13-16-6-7-21-16/h1-5,8,10-11,15-16,19,21H,6-7,9,12-13H2. The lowest BCUT2D eigenvalue weighted by atomic mass is 10.1. The average Bonchev–Trinajstić information content (AvgIpc) is 3.33. The van der Waals surface area contributed by atoms with E-state index in [1.165, 1.54) is 18.4 Å². The van der Waals surface area contributed by atoms with E-state index >= 15 is 0 Å². The van der Waals surface area contributed by atoms with Gasteiger partial charge in [0.05, 0.1) is 12.8 Å². The van der Waals surface area contributed by atoms with E-state index < -0.39 is 0 Å². The Morgan fingerprint density at radius 1 is 1.04 bits per heavy atom. The molecule has 2 heterocycles. The number of para-hydroxylation sites is 1. The first-order chi connectivity index (χ1) is 11.4. The van der Waals surface area contributed by atoms with Crippen molar-refractivity contribution in [2.45, 2.75) is 24.8 Å². The lowest BCUT2D eigenvalue weighted by molar-refractivity contribution is 0.216. The first-order valence-electron chi connectivity index (χ1n) is 8.37. The zero-order valence-corrected chi connectivity index (χ0v) is 13.2. The molecular formula is C19H22N2O2. The van der Waals surface area contributed by atoms with Gasteiger partial charge in [-0.1, -0.05) is 18.2 Å². The minimum atomic E-state index is 0.506. The van der Waals surface area contributed by atoms with Gasteiger partial charge in [0.15, 0.2) is 0 Å². The van der Waals surface area contributed by atoms with Gasteiger partial charge in [0, 0.05) is 18.2 Å². The number of nitrogens with zero attached hydrogens (tertiary/aromatic N) is 1. The van der Waals surface area contributed by atoms with Crippen molar-refractivity contribution >= 4 is 0 Å². The largest absolute Gasteiger partial charge is 0.493 e. The number of hydrogen-bond donors (Lipinski definition) is 1. The fourth-order valence-corrected chi connectivity index (χ4v) is 2.96. The van der Waals surface area contributed by atoms with Crippen molar-refractivity contribution in [2.75, 3.05) is 19.8 Å². The maximum absolute atomic E-state index is 5.85. The maximum Gasteiger partial charge on any atom is 0.137 e. The zero-order chi connectivity index (χ0) is 15.5. The number of aromatic nitrogens is 1. The van der Waals surface area contributed by atoms with Crippen LogP contribution in [-0.4, -0.2) is 30.8 Å². The highest BCUT2D eigenvalue weighted by molar-refractivity contribution is 5.30. The van der Waals surface area contributed by atoms with Crippen LogP contribution in [0.4, 0.5) is 0 Å². The summed E-state index contributed by atoms with van der Waals surface area (Å²) in [6.07, 6.45) is 6.14. The highest BCUT2D eigenvalue weighted by Crippen LogP contribution is 2.47. The fraction of sp³-hybridized carbons (Fsp3) is 0.421. The number of hydrogen-bond acceptors (Lipinski definition) is 4. The first-order valence-corrected chi connectivity index (χ1v) is 8.37. The molecule has 120 valence electrons. The molecule has 0 bridgehead atoms. The molecule has 1 saturated carbocycles. The van der Waals surface area contributed by atoms with E-state index in [1.54, 1.807) is 6.20 Å². The summed E-state index contributed by atoms with van der Waals surface area (Å²) in [6.45, 7) is 2.61. The third kappa shape index (κ3) is 3.64. The van der Waals surface area contributed by atoms with Gasteiger partial charge in [-0.2, -0.15) is 0 Å². The average molecular weight is 310 g/mol. The maximum atomic E-state index is 5.85. The first kappa shape index (κ1) is 14.5. The molecule has 3 atom stereocenters. The Bertz CT molecular complexity index is 643. The Labute approximate surface area is 136 Å². The molecular weight excluding hydrogens is 288 g/mol. The van der Waals surface area contributed by atoms with Crippen molar-refractivity contribution in [3.8, 4) is 11.5 Å². The smallest absolute Gasteiger partial charge is 0.137 e. The topological polar surface area (TPSA) is 43.4 Å². The van der Waals surface area contributed by atoms with Crippen LogP contribution in [0.1, 0.15) is 24.3 Å². The Balaban J connectivity index is 1.29. The number of nitrogens with one attached hydrogen (secondary N) is 1. The quantitative estimate of drug-likeness (QED) is 0.854. The molecule has 0 radical (unpaired) electrons. The summed E-state index contributed by atoms with van der Waals surface area (Å²) >= 11 is 0. The minimum absolute atomic E-state index is 0.506. The summed E-state index contributed by atoms with van der Waals surface area (Å²) in [5.74, 6) is 2.96. The molecule has 3 unspecified atom stereocenters. The Hall–Kier alpha value is -2.07. The van der Waals surface area contributed by atoms with Gasteiger partial charge in [-0.3, -0.25) is 4.98 Å². The summed E-state index contributed by atoms with van der Waals surface area (Å²) in [4.78, 5) is 4.33. The summed E-state index contributed by atoms with van der Waals surface area (Å²) in [6, 6.07) is 12.7. The molecule has 1 aliphatic carbocycles. The minimum Gasteiger partial charge on any atom is -0.493 e. The molecule has 2 aromatic rings. The third-order valence-corrected chi connectivity index (χ3v) is 4.67. The van der Waals surface area contributed by atoms with Gasteiger partial charge in [-0.05, 0) is 49.1 Å². The van der Waals surface area contributed by atoms with E-state index in [2.05, 4.69) is 16.4 Å². The van der Waals surface area contributed by atoms with Crippen LogP contribution in [0, 0.1) is 5.92 Å². The molecule has 1 aliphatic heterocycles. The molecule has 1 aromatic heterocycles. The molecule has 1 saturated heterocycles. The van der Waals surface area contributed by atoms with Gasteiger partial charge < -0.3 is 14.8 Å². The second kappa shape index (κ2) is 6.59. The number of pyridine rings is 1. The summed E-state index contributed by atoms with van der Waals surface area (Å²) in [5, 5.41) is 3.34. The summed E-state index contributed by atoms with van der Waals surface area (Å²) in [7, 11) is 0. The van der Waals surface area contributed by atoms with Gasteiger partial charge >= 0.3 is 0 Å². The van der Waals surface area contributed by atoms with Crippen LogP contribution in [0.5, 0.6) is 11.5 Å². The molecule has 2 aliphatic rings. The van der Waals surface area contributed by atoms with E-state index in [9.17, 15) is 0 Å². The van der Waals surface area contributed by atoms with Crippen LogP contribution in [-0.2, 0) is 0 Å². The van der Waals surface area contributed by atoms with Gasteiger partial charge in [0.1, 0.15) is 18.1 Å². The predicted molar refractivity (Wildman–Crippen MR) is 88.9 cm³/mol. The van der Waals surface area contributed by atoms with Crippen molar-refractivity contribution in [3.63, 3.8) is 0 Å². The SMILES string of the molecule is c1ccc(OCC2CC2c2cncc(OCC3CCN3)c2)cc1. The van der Waals surface area contributed by atoms with E-state index in [0.717, 1.165) is 31.3 Å². The normalized spacial score (nSPS) is 25.5. The van der Waals surface area contributed by atoms with Crippen molar-refractivity contribution in [1.82, 2.24) is 10.3 Å². The van der Waals surface area contributed by atoms with Gasteiger partial charge in [-0.25, -0.2) is 0 Å².